The Balaban J connectivity index is 2.48. The van der Waals surface area contributed by atoms with Gasteiger partial charge in [0.25, 0.3) is 6.43 Å². The summed E-state index contributed by atoms with van der Waals surface area (Å²) in [5.74, 6) is 0. The molecule has 1 rings (SSSR count). The number of nitrogens with one attached hydrogen (secondary N) is 1. The molecule has 0 amide bonds. The van der Waals surface area contributed by atoms with Crippen molar-refractivity contribution in [3.8, 4) is 0 Å². The normalized spacial score (nSPS) is 12.7. The Labute approximate surface area is 130 Å². The topological polar surface area (TPSA) is 50.4 Å². The van der Waals surface area contributed by atoms with Crippen LogP contribution < -0.4 is 11.1 Å². The fourth-order valence-electron chi connectivity index (χ4n) is 1.81. The van der Waals surface area contributed by atoms with Crippen molar-refractivity contribution < 1.29 is 8.78 Å². The molecule has 0 heterocycles. The standard InChI is InChI=1S/C17H23F2N3/c1-3-4-9-21-10-5-6-14(20)12-22-15-8-7-13(2)16(11-15)17(18)19/h3-4,7-9,11-12,17,22H,5-6,10,20H2,1-2H3/b4-3-,14-12-,21-9?. The van der Waals surface area contributed by atoms with E-state index in [4.69, 9.17) is 5.73 Å². The van der Waals surface area contributed by atoms with E-state index in [-0.39, 0.29) is 5.56 Å². The van der Waals surface area contributed by atoms with E-state index in [2.05, 4.69) is 10.3 Å². The second kappa shape index (κ2) is 9.71. The number of hydrogen-bond donors (Lipinski definition) is 2. The predicted molar refractivity (Wildman–Crippen MR) is 89.4 cm³/mol. The molecule has 1 aromatic rings. The Morgan fingerprint density at radius 2 is 2.18 bits per heavy atom. The fraction of sp³-hybridized carbons (Fsp3) is 0.353. The monoisotopic (exact) mass is 307 g/mol. The van der Waals surface area contributed by atoms with Gasteiger partial charge >= 0.3 is 0 Å². The number of anilines is 1. The van der Waals surface area contributed by atoms with Gasteiger partial charge in [-0.05, 0) is 50.5 Å². The highest BCUT2D eigenvalue weighted by molar-refractivity contribution is 5.70. The summed E-state index contributed by atoms with van der Waals surface area (Å²) in [4.78, 5) is 4.19. The number of nitrogens with two attached hydrogens (primary N) is 1. The number of alkyl halides is 2. The number of aliphatic imine (C=N–C) groups is 1. The molecule has 5 heteroatoms. The van der Waals surface area contributed by atoms with E-state index in [0.29, 0.717) is 29.9 Å². The maximum atomic E-state index is 12.8. The van der Waals surface area contributed by atoms with Crippen molar-refractivity contribution in [2.24, 2.45) is 10.7 Å². The van der Waals surface area contributed by atoms with Crippen LogP contribution in [0.15, 0.2) is 47.2 Å². The molecule has 3 N–H and O–H groups in total. The Morgan fingerprint density at radius 3 is 2.86 bits per heavy atom. The number of aryl methyl sites for hydroxylation is 1. The Hall–Kier alpha value is -2.17. The molecule has 0 saturated heterocycles. The maximum absolute atomic E-state index is 12.8. The zero-order valence-electron chi connectivity index (χ0n) is 13.0. The van der Waals surface area contributed by atoms with Crippen LogP contribution in [0.2, 0.25) is 0 Å². The van der Waals surface area contributed by atoms with Crippen molar-refractivity contribution in [2.45, 2.75) is 33.1 Å². The summed E-state index contributed by atoms with van der Waals surface area (Å²) in [5.41, 5.74) is 7.77. The zero-order valence-corrected chi connectivity index (χ0v) is 13.0. The van der Waals surface area contributed by atoms with Crippen molar-refractivity contribution in [3.05, 3.63) is 53.4 Å². The smallest absolute Gasteiger partial charge is 0.264 e. The van der Waals surface area contributed by atoms with Gasteiger partial charge in [0, 0.05) is 35.9 Å². The van der Waals surface area contributed by atoms with Crippen molar-refractivity contribution in [2.75, 3.05) is 11.9 Å². The van der Waals surface area contributed by atoms with Crippen LogP contribution in [-0.4, -0.2) is 12.8 Å². The first-order valence-corrected chi connectivity index (χ1v) is 7.25. The predicted octanol–water partition coefficient (Wildman–Crippen LogP) is 4.57. The molecule has 0 aromatic heterocycles. The summed E-state index contributed by atoms with van der Waals surface area (Å²) in [6.45, 7) is 4.31. The summed E-state index contributed by atoms with van der Waals surface area (Å²) in [5, 5.41) is 2.96. The minimum absolute atomic E-state index is 0.0373. The third kappa shape index (κ3) is 6.52. The second-order valence-electron chi connectivity index (χ2n) is 4.92. The van der Waals surface area contributed by atoms with Gasteiger partial charge in [-0.3, -0.25) is 4.99 Å². The lowest BCUT2D eigenvalue weighted by molar-refractivity contribution is 0.150. The molecule has 0 bridgehead atoms. The van der Waals surface area contributed by atoms with Crippen LogP contribution in [0.5, 0.6) is 0 Å². The van der Waals surface area contributed by atoms with Crippen LogP contribution in [0, 0.1) is 6.92 Å². The Morgan fingerprint density at radius 1 is 1.41 bits per heavy atom. The SMILES string of the molecule is C/C=C\C=NCCC/C(N)=C/Nc1ccc(C)c(C(F)F)c1. The summed E-state index contributed by atoms with van der Waals surface area (Å²) < 4.78 is 25.6. The molecule has 0 atom stereocenters. The van der Waals surface area contributed by atoms with E-state index in [0.717, 1.165) is 6.42 Å². The van der Waals surface area contributed by atoms with Crippen LogP contribution >= 0.6 is 0 Å². The van der Waals surface area contributed by atoms with Crippen LogP contribution in [-0.2, 0) is 0 Å². The molecular formula is C17H23F2N3. The van der Waals surface area contributed by atoms with Gasteiger partial charge in [0.2, 0.25) is 0 Å². The number of nitrogens with zero attached hydrogens (tertiary/aromatic N) is 1. The maximum Gasteiger partial charge on any atom is 0.264 e. The van der Waals surface area contributed by atoms with Crippen molar-refractivity contribution >= 4 is 11.9 Å². The minimum Gasteiger partial charge on any atom is -0.401 e. The molecule has 0 saturated carbocycles. The van der Waals surface area contributed by atoms with Crippen LogP contribution in [0.3, 0.4) is 0 Å². The van der Waals surface area contributed by atoms with E-state index in [1.165, 1.54) is 6.07 Å². The van der Waals surface area contributed by atoms with E-state index in [1.54, 1.807) is 31.5 Å². The molecule has 120 valence electrons. The molecule has 1 aromatic carbocycles. The number of hydrogen-bond acceptors (Lipinski definition) is 3. The van der Waals surface area contributed by atoms with Gasteiger partial charge in [-0.25, -0.2) is 8.78 Å². The third-order valence-electron chi connectivity index (χ3n) is 3.08. The number of halogens is 2. The second-order valence-corrected chi connectivity index (χ2v) is 4.92. The highest BCUT2D eigenvalue weighted by Gasteiger charge is 2.10. The van der Waals surface area contributed by atoms with Gasteiger partial charge < -0.3 is 11.1 Å². The van der Waals surface area contributed by atoms with Crippen molar-refractivity contribution in [1.29, 1.82) is 0 Å². The average Bonchev–Trinajstić information content (AvgIpc) is 2.49. The summed E-state index contributed by atoms with van der Waals surface area (Å²) in [6.07, 6.45) is 6.27. The zero-order chi connectivity index (χ0) is 16.4. The lowest BCUT2D eigenvalue weighted by Crippen LogP contribution is -2.02. The Kier molecular flexibility index (Phi) is 7.89. The third-order valence-corrected chi connectivity index (χ3v) is 3.08. The first-order valence-electron chi connectivity index (χ1n) is 7.25. The van der Waals surface area contributed by atoms with Crippen LogP contribution in [0.1, 0.15) is 37.3 Å². The molecular weight excluding hydrogens is 284 g/mol. The molecule has 0 spiro atoms. The quantitative estimate of drug-likeness (QED) is 0.546. The first-order chi connectivity index (χ1) is 10.5. The molecule has 22 heavy (non-hydrogen) atoms. The Bertz CT molecular complexity index is 549. The van der Waals surface area contributed by atoms with Gasteiger partial charge in [-0.1, -0.05) is 12.1 Å². The first kappa shape index (κ1) is 17.9. The average molecular weight is 307 g/mol. The molecule has 0 aliphatic carbocycles. The lowest BCUT2D eigenvalue weighted by atomic mass is 10.1. The minimum atomic E-state index is -2.47. The van der Waals surface area contributed by atoms with Crippen LogP contribution in [0.25, 0.3) is 0 Å². The lowest BCUT2D eigenvalue weighted by Gasteiger charge is -2.09. The van der Waals surface area contributed by atoms with Gasteiger partial charge in [-0.15, -0.1) is 0 Å². The van der Waals surface area contributed by atoms with Gasteiger partial charge in [0.1, 0.15) is 0 Å². The van der Waals surface area contributed by atoms with E-state index >= 15 is 0 Å². The summed E-state index contributed by atoms with van der Waals surface area (Å²) in [7, 11) is 0. The molecule has 0 unspecified atom stereocenters. The summed E-state index contributed by atoms with van der Waals surface area (Å²) in [6, 6.07) is 4.88. The number of benzene rings is 1. The molecule has 3 nitrogen and oxygen atoms in total. The highest BCUT2D eigenvalue weighted by Crippen LogP contribution is 2.25. The van der Waals surface area contributed by atoms with Gasteiger partial charge in [-0.2, -0.15) is 0 Å². The van der Waals surface area contributed by atoms with Crippen molar-refractivity contribution in [3.63, 3.8) is 0 Å². The van der Waals surface area contributed by atoms with Gasteiger partial charge in [0.15, 0.2) is 0 Å². The fourth-order valence-corrected chi connectivity index (χ4v) is 1.81. The van der Waals surface area contributed by atoms with Crippen molar-refractivity contribution in [1.82, 2.24) is 0 Å². The largest absolute Gasteiger partial charge is 0.401 e. The molecule has 0 radical (unpaired) electrons. The highest BCUT2D eigenvalue weighted by atomic mass is 19.3. The molecule has 0 aliphatic rings. The van der Waals surface area contributed by atoms with E-state index in [9.17, 15) is 8.78 Å². The van der Waals surface area contributed by atoms with Gasteiger partial charge in [0.05, 0.1) is 0 Å². The molecule has 0 fully saturated rings. The van der Waals surface area contributed by atoms with E-state index in [1.807, 2.05) is 19.1 Å². The molecule has 0 aliphatic heterocycles. The summed E-state index contributed by atoms with van der Waals surface area (Å²) >= 11 is 0. The number of rotatable bonds is 8. The van der Waals surface area contributed by atoms with Crippen LogP contribution in [0.4, 0.5) is 14.5 Å². The number of allylic oxidation sites excluding steroid dienone is 3. The van der Waals surface area contributed by atoms with E-state index < -0.39 is 6.43 Å².